The lowest BCUT2D eigenvalue weighted by molar-refractivity contribution is -0.153. The fourth-order valence-electron chi connectivity index (χ4n) is 5.60. The minimum atomic E-state index is -2.11. The zero-order valence-corrected chi connectivity index (χ0v) is 15.9. The minimum Gasteiger partial charge on any atom is -0.461 e. The largest absolute Gasteiger partial charge is 0.461 e. The summed E-state index contributed by atoms with van der Waals surface area (Å²) in [4.78, 5) is 25.2. The number of esters is 1. The van der Waals surface area contributed by atoms with Crippen molar-refractivity contribution in [1.29, 1.82) is 0 Å². The lowest BCUT2D eigenvalue weighted by Crippen LogP contribution is -2.46. The molecule has 0 aromatic rings. The molecule has 2 N–H and O–H groups in total. The summed E-state index contributed by atoms with van der Waals surface area (Å²) < 4.78 is 46.7. The summed E-state index contributed by atoms with van der Waals surface area (Å²) in [6.45, 7) is 3.85. The van der Waals surface area contributed by atoms with E-state index in [2.05, 4.69) is 0 Å². The predicted molar refractivity (Wildman–Crippen MR) is 91.2 cm³/mol. The molecular weight excluding hydrogens is 368 g/mol. The fourth-order valence-corrected chi connectivity index (χ4v) is 6.98. The van der Waals surface area contributed by atoms with Crippen LogP contribution in [0.4, 0.5) is 0 Å². The molecule has 0 spiro atoms. The lowest BCUT2D eigenvalue weighted by atomic mass is 9.66. The molecule has 3 aliphatic rings. The van der Waals surface area contributed by atoms with Crippen LogP contribution in [0.2, 0.25) is 0 Å². The summed E-state index contributed by atoms with van der Waals surface area (Å²) in [5.74, 6) is -1.78. The summed E-state index contributed by atoms with van der Waals surface area (Å²) in [6, 6.07) is 0. The van der Waals surface area contributed by atoms with Gasteiger partial charge in [-0.2, -0.15) is 0 Å². The fraction of sp³-hybridized carbons (Fsp3) is 0.875. The highest BCUT2D eigenvalue weighted by Crippen LogP contribution is 2.58. The Morgan fingerprint density at radius 2 is 1.80 bits per heavy atom. The SMILES string of the molecule is C[C@H]1CC[C@H]2C(CS(=O)O)C(=O)O[C@H]2[C@]2(C)C(=O)CC(CS(=O)O)[C@@H]12. The monoisotopic (exact) mass is 392 g/mol. The molecule has 0 bridgehead atoms. The number of Topliss-reactive ketones (excluding diaryl/α,β-unsaturated/α-hetero) is 1. The molecule has 142 valence electrons. The molecule has 4 unspecified atom stereocenters. The zero-order valence-electron chi connectivity index (χ0n) is 14.3. The number of carbonyl (C=O) groups excluding carboxylic acids is 2. The molecule has 1 aliphatic heterocycles. The van der Waals surface area contributed by atoms with Gasteiger partial charge in [0.2, 0.25) is 0 Å². The minimum absolute atomic E-state index is 0.0322. The van der Waals surface area contributed by atoms with Crippen molar-refractivity contribution in [2.45, 2.75) is 39.2 Å². The van der Waals surface area contributed by atoms with Crippen molar-refractivity contribution in [1.82, 2.24) is 0 Å². The van der Waals surface area contributed by atoms with Crippen molar-refractivity contribution in [3.8, 4) is 0 Å². The van der Waals surface area contributed by atoms with Crippen LogP contribution in [0.3, 0.4) is 0 Å². The predicted octanol–water partition coefficient (Wildman–Crippen LogP) is 1.23. The first-order valence-corrected chi connectivity index (χ1v) is 11.1. The van der Waals surface area contributed by atoms with Gasteiger partial charge in [0.15, 0.2) is 22.2 Å². The molecule has 9 heteroatoms. The second-order valence-electron chi connectivity index (χ2n) is 7.85. The van der Waals surface area contributed by atoms with E-state index >= 15 is 0 Å². The molecule has 0 radical (unpaired) electrons. The van der Waals surface area contributed by atoms with Gasteiger partial charge in [-0.3, -0.25) is 9.59 Å². The van der Waals surface area contributed by atoms with Gasteiger partial charge in [-0.05, 0) is 37.5 Å². The van der Waals surface area contributed by atoms with Crippen molar-refractivity contribution >= 4 is 33.9 Å². The van der Waals surface area contributed by atoms with Crippen LogP contribution in [0.5, 0.6) is 0 Å². The van der Waals surface area contributed by atoms with Crippen molar-refractivity contribution < 1.29 is 31.8 Å². The van der Waals surface area contributed by atoms with E-state index in [4.69, 9.17) is 4.74 Å². The number of ketones is 1. The van der Waals surface area contributed by atoms with Crippen molar-refractivity contribution in [2.24, 2.45) is 35.0 Å². The Balaban J connectivity index is 1.98. The molecule has 0 amide bonds. The average Bonchev–Trinajstić information content (AvgIpc) is 2.88. The lowest BCUT2D eigenvalue weighted by Gasteiger charge is -2.38. The van der Waals surface area contributed by atoms with E-state index in [1.54, 1.807) is 0 Å². The van der Waals surface area contributed by atoms with Gasteiger partial charge in [0.1, 0.15) is 11.9 Å². The molecule has 3 fully saturated rings. The molecule has 3 rings (SSSR count). The molecule has 2 aliphatic carbocycles. The van der Waals surface area contributed by atoms with E-state index in [9.17, 15) is 27.1 Å². The number of rotatable bonds is 4. The Morgan fingerprint density at radius 1 is 1.16 bits per heavy atom. The molecule has 0 aromatic carbocycles. The number of carbonyl (C=O) groups is 2. The molecular formula is C16H24O7S2. The maximum atomic E-state index is 12.9. The number of hydrogen-bond acceptors (Lipinski definition) is 5. The number of ether oxygens (including phenoxy) is 1. The third kappa shape index (κ3) is 3.13. The van der Waals surface area contributed by atoms with Gasteiger partial charge >= 0.3 is 5.97 Å². The maximum Gasteiger partial charge on any atom is 0.310 e. The van der Waals surface area contributed by atoms with Crippen LogP contribution >= 0.6 is 0 Å². The molecule has 1 saturated heterocycles. The van der Waals surface area contributed by atoms with Crippen LogP contribution in [-0.2, 0) is 36.5 Å². The summed E-state index contributed by atoms with van der Waals surface area (Å²) >= 11 is -4.09. The second-order valence-corrected chi connectivity index (χ2v) is 9.81. The van der Waals surface area contributed by atoms with E-state index in [1.165, 1.54) is 0 Å². The van der Waals surface area contributed by atoms with Gasteiger partial charge in [0.25, 0.3) is 0 Å². The maximum absolute atomic E-state index is 12.9. The topological polar surface area (TPSA) is 118 Å². The highest BCUT2D eigenvalue weighted by atomic mass is 32.2. The van der Waals surface area contributed by atoms with Crippen LogP contribution in [0.15, 0.2) is 0 Å². The van der Waals surface area contributed by atoms with Gasteiger partial charge < -0.3 is 13.8 Å². The highest BCUT2D eigenvalue weighted by Gasteiger charge is 2.65. The van der Waals surface area contributed by atoms with Crippen LogP contribution in [0.1, 0.15) is 33.1 Å². The third-order valence-corrected chi connectivity index (χ3v) is 7.90. The standard InChI is InChI=1S/C16H24O7S2/c1-8-3-4-10-11(7-25(21)22)15(18)23-14(10)16(2)12(17)5-9(13(8)16)6-24(19)20/h8-11,13-14H,3-7H2,1-2H3,(H,19,20)(H,21,22)/t8-,9?,10-,11?,13+,14+,16+/m0/s1. The van der Waals surface area contributed by atoms with Crippen LogP contribution < -0.4 is 0 Å². The van der Waals surface area contributed by atoms with Gasteiger partial charge in [0, 0.05) is 12.3 Å². The van der Waals surface area contributed by atoms with Crippen LogP contribution in [0.25, 0.3) is 0 Å². The highest BCUT2D eigenvalue weighted by molar-refractivity contribution is 7.79. The first-order valence-electron chi connectivity index (χ1n) is 8.55. The number of fused-ring (bicyclic) bond motifs is 3. The van der Waals surface area contributed by atoms with Gasteiger partial charge in [-0.1, -0.05) is 6.92 Å². The number of hydrogen-bond donors (Lipinski definition) is 2. The van der Waals surface area contributed by atoms with E-state index in [-0.39, 0.29) is 47.4 Å². The molecule has 25 heavy (non-hydrogen) atoms. The quantitative estimate of drug-likeness (QED) is 0.546. The Bertz CT molecular complexity index is 636. The normalized spacial score (nSPS) is 46.1. The van der Waals surface area contributed by atoms with Gasteiger partial charge in [-0.15, -0.1) is 0 Å². The Labute approximate surface area is 151 Å². The molecule has 7 nitrogen and oxygen atoms in total. The van der Waals surface area contributed by atoms with Gasteiger partial charge in [0.05, 0.1) is 22.8 Å². The smallest absolute Gasteiger partial charge is 0.310 e. The second kappa shape index (κ2) is 6.83. The average molecular weight is 392 g/mol. The first-order chi connectivity index (χ1) is 11.7. The Hall–Kier alpha value is -0.640. The molecule has 9 atom stereocenters. The van der Waals surface area contributed by atoms with Crippen LogP contribution in [0, 0.1) is 35.0 Å². The van der Waals surface area contributed by atoms with E-state index < -0.39 is 45.6 Å². The van der Waals surface area contributed by atoms with Crippen molar-refractivity contribution in [3.05, 3.63) is 0 Å². The Kier molecular flexibility index (Phi) is 5.22. The third-order valence-electron chi connectivity index (χ3n) is 6.54. The summed E-state index contributed by atoms with van der Waals surface area (Å²) in [5.41, 5.74) is -0.897. The van der Waals surface area contributed by atoms with E-state index in [0.29, 0.717) is 6.42 Å². The van der Waals surface area contributed by atoms with Gasteiger partial charge in [-0.25, -0.2) is 8.42 Å². The van der Waals surface area contributed by atoms with E-state index in [0.717, 1.165) is 6.42 Å². The van der Waals surface area contributed by atoms with Crippen molar-refractivity contribution in [3.63, 3.8) is 0 Å². The zero-order chi connectivity index (χ0) is 18.5. The summed E-state index contributed by atoms with van der Waals surface area (Å²) in [5, 5.41) is 0. The first kappa shape index (κ1) is 19.1. The molecule has 2 saturated carbocycles. The van der Waals surface area contributed by atoms with Crippen LogP contribution in [-0.4, -0.2) is 46.9 Å². The van der Waals surface area contributed by atoms with Crippen molar-refractivity contribution in [2.75, 3.05) is 11.5 Å². The summed E-state index contributed by atoms with van der Waals surface area (Å²) in [6.07, 6.45) is 1.00. The van der Waals surface area contributed by atoms with E-state index in [1.807, 2.05) is 13.8 Å². The Morgan fingerprint density at radius 3 is 2.40 bits per heavy atom. The summed E-state index contributed by atoms with van der Waals surface area (Å²) in [7, 11) is 0. The molecule has 1 heterocycles. The molecule has 0 aromatic heterocycles.